The third kappa shape index (κ3) is 4.73. The highest BCUT2D eigenvalue weighted by atomic mass is 32.2. The molecule has 0 aliphatic rings. The van der Waals surface area contributed by atoms with Crippen molar-refractivity contribution >= 4 is 48.6 Å². The van der Waals surface area contributed by atoms with Crippen molar-refractivity contribution in [3.8, 4) is 10.6 Å². The lowest BCUT2D eigenvalue weighted by Gasteiger charge is -2.15. The van der Waals surface area contributed by atoms with Crippen LogP contribution >= 0.6 is 11.3 Å². The normalized spacial score (nSPS) is 13.0. The Morgan fingerprint density at radius 2 is 2.13 bits per heavy atom. The molecule has 9 nitrogen and oxygen atoms in total. The van der Waals surface area contributed by atoms with Gasteiger partial charge in [-0.1, -0.05) is 29.5 Å². The number of pyridine rings is 1. The van der Waals surface area contributed by atoms with E-state index < -0.39 is 10.0 Å². The lowest BCUT2D eigenvalue weighted by molar-refractivity contribution is -0.121. The number of aryl methyl sites for hydroxylation is 1. The fourth-order valence-electron chi connectivity index (χ4n) is 3.40. The SMILES string of the molecule is C[C@H](NC(=O)CCCS(N)(=O)=O)c1cccc(-c2nc3c(ncc4ncn(C)c43)s2)c1. The van der Waals surface area contributed by atoms with Gasteiger partial charge in [0.15, 0.2) is 0 Å². The average molecular weight is 459 g/mol. The molecule has 3 N–H and O–H groups in total. The lowest BCUT2D eigenvalue weighted by Crippen LogP contribution is -2.27. The maximum Gasteiger partial charge on any atom is 0.220 e. The number of amides is 1. The molecule has 0 fully saturated rings. The molecule has 1 aromatic carbocycles. The Balaban J connectivity index is 1.53. The van der Waals surface area contributed by atoms with Gasteiger partial charge in [-0.2, -0.15) is 0 Å². The molecule has 31 heavy (non-hydrogen) atoms. The molecule has 4 aromatic rings. The van der Waals surface area contributed by atoms with E-state index in [9.17, 15) is 13.2 Å². The minimum absolute atomic E-state index is 0.102. The summed E-state index contributed by atoms with van der Waals surface area (Å²) < 4.78 is 23.9. The molecule has 3 aromatic heterocycles. The monoisotopic (exact) mass is 458 g/mol. The Bertz CT molecular complexity index is 1380. The fourth-order valence-corrected chi connectivity index (χ4v) is 4.86. The molecule has 0 saturated heterocycles. The number of thiazole rings is 1. The van der Waals surface area contributed by atoms with Gasteiger partial charge in [-0.05, 0) is 25.0 Å². The molecule has 0 radical (unpaired) electrons. The minimum Gasteiger partial charge on any atom is -0.350 e. The maximum absolute atomic E-state index is 12.1. The van der Waals surface area contributed by atoms with Gasteiger partial charge in [-0.3, -0.25) is 4.79 Å². The largest absolute Gasteiger partial charge is 0.350 e. The second-order valence-electron chi connectivity index (χ2n) is 7.41. The first-order valence-corrected chi connectivity index (χ1v) is 12.2. The highest BCUT2D eigenvalue weighted by Gasteiger charge is 2.15. The number of primary sulfonamides is 1. The number of nitrogens with two attached hydrogens (primary N) is 1. The van der Waals surface area contributed by atoms with Crippen molar-refractivity contribution in [1.82, 2.24) is 24.8 Å². The predicted molar refractivity (Wildman–Crippen MR) is 121 cm³/mol. The molecule has 0 aliphatic heterocycles. The molecule has 0 saturated carbocycles. The molecule has 0 spiro atoms. The number of rotatable bonds is 7. The summed E-state index contributed by atoms with van der Waals surface area (Å²) in [5, 5.41) is 8.71. The van der Waals surface area contributed by atoms with Gasteiger partial charge in [0.2, 0.25) is 15.9 Å². The molecule has 1 atom stereocenters. The predicted octanol–water partition coefficient (Wildman–Crippen LogP) is 2.49. The van der Waals surface area contributed by atoms with Crippen LogP contribution in [0.2, 0.25) is 0 Å². The zero-order valence-electron chi connectivity index (χ0n) is 17.1. The van der Waals surface area contributed by atoms with Crippen LogP contribution in [0.1, 0.15) is 31.4 Å². The first kappa shape index (κ1) is 21.3. The first-order chi connectivity index (χ1) is 14.7. The molecule has 1 amide bonds. The van der Waals surface area contributed by atoms with Crippen LogP contribution in [0.3, 0.4) is 0 Å². The van der Waals surface area contributed by atoms with Crippen LogP contribution < -0.4 is 10.5 Å². The van der Waals surface area contributed by atoms with E-state index in [-0.39, 0.29) is 30.5 Å². The van der Waals surface area contributed by atoms with Gasteiger partial charge in [0.05, 0.1) is 29.8 Å². The fraction of sp³-hybridized carbons (Fsp3) is 0.300. The highest BCUT2D eigenvalue weighted by Crippen LogP contribution is 2.33. The summed E-state index contributed by atoms with van der Waals surface area (Å²) in [7, 11) is -1.62. The van der Waals surface area contributed by atoms with Crippen molar-refractivity contribution in [3.05, 3.63) is 42.4 Å². The number of fused-ring (bicyclic) bond motifs is 3. The van der Waals surface area contributed by atoms with Crippen LogP contribution in [0.4, 0.5) is 0 Å². The Labute approximate surface area is 183 Å². The van der Waals surface area contributed by atoms with Crippen molar-refractivity contribution in [2.45, 2.75) is 25.8 Å². The van der Waals surface area contributed by atoms with Gasteiger partial charge >= 0.3 is 0 Å². The van der Waals surface area contributed by atoms with E-state index in [2.05, 4.69) is 15.3 Å². The molecule has 162 valence electrons. The number of imidazole rings is 1. The number of nitrogens with one attached hydrogen (secondary N) is 1. The molecular formula is C20H22N6O3S2. The second-order valence-corrected chi connectivity index (χ2v) is 10.1. The van der Waals surface area contributed by atoms with E-state index in [0.717, 1.165) is 37.5 Å². The standard InChI is InChI=1S/C20H22N6O3S2/c1-12(24-16(27)7-4-8-31(21,28)29)13-5-3-6-14(9-13)19-25-17-18-15(23-11-26(18)2)10-22-20(17)30-19/h3,5-6,9-12H,4,7-8H2,1-2H3,(H,24,27)(H2,21,28,29)/t12-/m0/s1. The van der Waals surface area contributed by atoms with Crippen LogP contribution in [-0.2, 0) is 21.9 Å². The molecule has 3 heterocycles. The van der Waals surface area contributed by atoms with Crippen LogP contribution in [0.15, 0.2) is 36.8 Å². The van der Waals surface area contributed by atoms with Gasteiger partial charge in [0.25, 0.3) is 0 Å². The first-order valence-electron chi connectivity index (χ1n) is 9.68. The molecule has 4 rings (SSSR count). The second kappa shape index (κ2) is 8.33. The van der Waals surface area contributed by atoms with Crippen LogP contribution in [-0.4, -0.2) is 39.6 Å². The number of aromatic nitrogens is 4. The summed E-state index contributed by atoms with van der Waals surface area (Å²) in [6, 6.07) is 7.59. The number of hydrogen-bond donors (Lipinski definition) is 2. The van der Waals surface area contributed by atoms with Crippen molar-refractivity contribution < 1.29 is 13.2 Å². The van der Waals surface area contributed by atoms with Crippen molar-refractivity contribution in [1.29, 1.82) is 0 Å². The van der Waals surface area contributed by atoms with Gasteiger partial charge in [0.1, 0.15) is 20.9 Å². The number of nitrogens with zero attached hydrogens (tertiary/aromatic N) is 4. The van der Waals surface area contributed by atoms with E-state index in [4.69, 9.17) is 10.1 Å². The Morgan fingerprint density at radius 1 is 1.32 bits per heavy atom. The van der Waals surface area contributed by atoms with E-state index >= 15 is 0 Å². The van der Waals surface area contributed by atoms with Gasteiger partial charge in [0, 0.05) is 19.0 Å². The summed E-state index contributed by atoms with van der Waals surface area (Å²) in [6.45, 7) is 1.88. The topological polar surface area (TPSA) is 133 Å². The zero-order valence-corrected chi connectivity index (χ0v) is 18.7. The Morgan fingerprint density at radius 3 is 2.90 bits per heavy atom. The van der Waals surface area contributed by atoms with Crippen molar-refractivity contribution in [3.63, 3.8) is 0 Å². The summed E-state index contributed by atoms with van der Waals surface area (Å²) in [4.78, 5) is 26.6. The maximum atomic E-state index is 12.1. The van der Waals surface area contributed by atoms with E-state index in [1.54, 1.807) is 12.5 Å². The number of sulfonamides is 1. The highest BCUT2D eigenvalue weighted by molar-refractivity contribution is 7.89. The van der Waals surface area contributed by atoms with E-state index in [0.29, 0.717) is 0 Å². The molecule has 11 heteroatoms. The van der Waals surface area contributed by atoms with Crippen LogP contribution in [0.5, 0.6) is 0 Å². The van der Waals surface area contributed by atoms with Crippen LogP contribution in [0, 0.1) is 0 Å². The third-order valence-electron chi connectivity index (χ3n) is 4.95. The van der Waals surface area contributed by atoms with Crippen LogP contribution in [0.25, 0.3) is 32.0 Å². The van der Waals surface area contributed by atoms with E-state index in [1.807, 2.05) is 42.8 Å². The number of benzene rings is 1. The smallest absolute Gasteiger partial charge is 0.220 e. The summed E-state index contributed by atoms with van der Waals surface area (Å²) in [5.74, 6) is -0.427. The van der Waals surface area contributed by atoms with Crippen molar-refractivity contribution in [2.24, 2.45) is 12.2 Å². The summed E-state index contributed by atoms with van der Waals surface area (Å²) in [5.41, 5.74) is 4.43. The Kier molecular flexibility index (Phi) is 5.73. The van der Waals surface area contributed by atoms with Gasteiger partial charge < -0.3 is 9.88 Å². The molecule has 0 aliphatic carbocycles. The quantitative estimate of drug-likeness (QED) is 0.437. The third-order valence-corrected chi connectivity index (χ3v) is 6.82. The average Bonchev–Trinajstić information content (AvgIpc) is 3.30. The summed E-state index contributed by atoms with van der Waals surface area (Å²) in [6.07, 6.45) is 3.80. The molecular weight excluding hydrogens is 436 g/mol. The number of carbonyl (C=O) groups is 1. The lowest BCUT2D eigenvalue weighted by atomic mass is 10.1. The summed E-state index contributed by atoms with van der Waals surface area (Å²) >= 11 is 1.51. The molecule has 0 bridgehead atoms. The number of carbonyl (C=O) groups excluding carboxylic acids is 1. The molecule has 0 unspecified atom stereocenters. The number of hydrogen-bond acceptors (Lipinski definition) is 7. The zero-order chi connectivity index (χ0) is 22.2. The Hall–Kier alpha value is -2.89. The van der Waals surface area contributed by atoms with Crippen molar-refractivity contribution in [2.75, 3.05) is 5.75 Å². The minimum atomic E-state index is -3.56. The van der Waals surface area contributed by atoms with Gasteiger partial charge in [-0.15, -0.1) is 0 Å². The van der Waals surface area contributed by atoms with E-state index in [1.165, 1.54) is 11.3 Å². The van der Waals surface area contributed by atoms with Gasteiger partial charge in [-0.25, -0.2) is 28.5 Å².